The Hall–Kier alpha value is -1.53. The summed E-state index contributed by atoms with van der Waals surface area (Å²) in [4.78, 5) is 12.1. The summed E-state index contributed by atoms with van der Waals surface area (Å²) in [7, 11) is 8.95. The largest absolute Gasteiger partial charge is 0.394 e. The molecule has 1 aromatic heterocycles. The lowest BCUT2D eigenvalue weighted by Gasteiger charge is -2.28. The first-order valence-corrected chi connectivity index (χ1v) is 16.3. The Bertz CT molecular complexity index is 1090. The second-order valence-corrected chi connectivity index (χ2v) is 13.8. The topological polar surface area (TPSA) is 209 Å². The Balaban J connectivity index is 1.76. The van der Waals surface area contributed by atoms with E-state index in [1.807, 2.05) is 7.74 Å². The number of anilines is 1. The molecule has 9 atom stereocenters. The number of rotatable bonds is 15. The van der Waals surface area contributed by atoms with Crippen molar-refractivity contribution in [3.63, 3.8) is 0 Å². The summed E-state index contributed by atoms with van der Waals surface area (Å²) in [6.07, 6.45) is -4.63. The lowest BCUT2D eigenvalue weighted by Crippen LogP contribution is -2.39. The van der Waals surface area contributed by atoms with E-state index < -0.39 is 55.3 Å². The molecule has 3 rings (SSSR count). The Kier molecular flexibility index (Phi) is 12.7. The fourth-order valence-corrected chi connectivity index (χ4v) is 8.25. The van der Waals surface area contributed by atoms with Crippen molar-refractivity contribution in [1.29, 1.82) is 5.41 Å². The molecule has 3 unspecified atom stereocenters. The zero-order valence-electron chi connectivity index (χ0n) is 23.8. The number of nitrogens with one attached hydrogen (secondary N) is 3. The fourth-order valence-electron chi connectivity index (χ4n) is 4.83. The first-order chi connectivity index (χ1) is 19.5. The number of amides is 1. The summed E-state index contributed by atoms with van der Waals surface area (Å²) in [5.41, 5.74) is 5.92. The summed E-state index contributed by atoms with van der Waals surface area (Å²) >= 11 is 0.910. The molecular formula is C21H39B3N5O10PS. The fraction of sp³-hybridized carbons (Fsp3) is 0.714. The van der Waals surface area contributed by atoms with Crippen molar-refractivity contribution in [1.82, 2.24) is 9.88 Å². The molecule has 15 nitrogen and oxygen atoms in total. The molecule has 2 aliphatic heterocycles. The highest BCUT2D eigenvalue weighted by Gasteiger charge is 2.49. The van der Waals surface area contributed by atoms with Gasteiger partial charge in [0.25, 0.3) is 0 Å². The van der Waals surface area contributed by atoms with Gasteiger partial charge in [-0.1, -0.05) is 0 Å². The first-order valence-electron chi connectivity index (χ1n) is 13.2. The van der Waals surface area contributed by atoms with Crippen LogP contribution in [0.4, 0.5) is 5.82 Å². The maximum absolute atomic E-state index is 14.2. The van der Waals surface area contributed by atoms with Crippen LogP contribution >= 0.6 is 18.2 Å². The van der Waals surface area contributed by atoms with Gasteiger partial charge in [-0.25, -0.2) is 4.57 Å². The lowest BCUT2D eigenvalue weighted by molar-refractivity contribution is -0.115. The van der Waals surface area contributed by atoms with E-state index in [-0.39, 0.29) is 37.5 Å². The number of aliphatic hydroxyl groups excluding tert-OH is 2. The van der Waals surface area contributed by atoms with E-state index in [4.69, 9.17) is 39.1 Å². The van der Waals surface area contributed by atoms with E-state index >= 15 is 0 Å². The highest BCUT2D eigenvalue weighted by molar-refractivity contribution is 8.54. The lowest BCUT2D eigenvalue weighted by atomic mass is 9.50. The van der Waals surface area contributed by atoms with Crippen LogP contribution in [-0.4, -0.2) is 132 Å². The molecule has 3 heterocycles. The third-order valence-corrected chi connectivity index (χ3v) is 10.7. The van der Waals surface area contributed by atoms with E-state index in [1.165, 1.54) is 14.2 Å². The van der Waals surface area contributed by atoms with Crippen molar-refractivity contribution in [2.75, 3.05) is 39.3 Å². The maximum Gasteiger partial charge on any atom is 0.390 e. The van der Waals surface area contributed by atoms with Crippen molar-refractivity contribution in [2.24, 2.45) is 12.8 Å². The zero-order chi connectivity index (χ0) is 30.3. The number of methoxy groups -OCH3 is 2. The summed E-state index contributed by atoms with van der Waals surface area (Å²) in [5.74, 6) is -0.0830. The minimum Gasteiger partial charge on any atom is -0.394 e. The molecule has 2 saturated heterocycles. The van der Waals surface area contributed by atoms with E-state index in [0.29, 0.717) is 18.7 Å². The minimum atomic E-state index is -3.99. The van der Waals surface area contributed by atoms with Crippen LogP contribution < -0.4 is 16.4 Å². The molecule has 41 heavy (non-hydrogen) atoms. The molecule has 0 bridgehead atoms. The molecule has 0 saturated carbocycles. The van der Waals surface area contributed by atoms with Crippen LogP contribution in [0.3, 0.4) is 0 Å². The second kappa shape index (κ2) is 15.3. The van der Waals surface area contributed by atoms with Gasteiger partial charge in [0.15, 0.2) is 5.96 Å². The van der Waals surface area contributed by atoms with Crippen molar-refractivity contribution in [3.8, 4) is 0 Å². The number of nitrogens with zero attached hydrogens (tertiary/aromatic N) is 1. The number of nitrogens with two attached hydrogens (primary N) is 1. The van der Waals surface area contributed by atoms with Gasteiger partial charge in [-0.2, -0.15) is 0 Å². The average molecular weight is 617 g/mol. The molecule has 0 aliphatic carbocycles. The summed E-state index contributed by atoms with van der Waals surface area (Å²) < 4.78 is 50.5. The molecule has 20 heteroatoms. The number of carbonyl (C=O) groups is 1. The molecule has 0 spiro atoms. The standard InChI is InChI=1S/C21H39B3N5O10PS/c1-29-10(4-5-13(29)28-14(31)6-27-21(25)26)9-41-40(33,36-8-12-15(32)17(34-2)19(22)37-12)39-16-11(7-30)38-20(24-23)18(16)35-3/h4-5,11-12,15-20,24,30,32H,6-9,22-23H2,1-3H3,(H,28,31)(H4,25,26,27)/t11-,12-,15?,16?,17+,18+,19-,20-,40?/m1/s1. The summed E-state index contributed by atoms with van der Waals surface area (Å²) in [5, 5.41) is 32.9. The van der Waals surface area contributed by atoms with Gasteiger partial charge in [0.05, 0.1) is 33.5 Å². The molecular weight excluding hydrogens is 578 g/mol. The minimum absolute atomic E-state index is 0.159. The second-order valence-electron chi connectivity index (χ2n) is 9.75. The van der Waals surface area contributed by atoms with Crippen molar-refractivity contribution >= 4 is 58.6 Å². The predicted octanol–water partition coefficient (Wildman–Crippen LogP) is -3.36. The molecule has 2 aliphatic rings. The quantitative estimate of drug-likeness (QED) is 0.0493. The van der Waals surface area contributed by atoms with E-state index in [9.17, 15) is 19.6 Å². The number of hydrogen-bond acceptors (Lipinski definition) is 12. The normalized spacial score (nSPS) is 31.0. The number of ether oxygens (including phenoxy) is 4. The highest BCUT2D eigenvalue weighted by atomic mass is 32.7. The van der Waals surface area contributed by atoms with Crippen molar-refractivity contribution in [3.05, 3.63) is 17.8 Å². The van der Waals surface area contributed by atoms with Crippen LogP contribution in [0.15, 0.2) is 12.1 Å². The van der Waals surface area contributed by atoms with Gasteiger partial charge in [-0.3, -0.25) is 19.3 Å². The monoisotopic (exact) mass is 617 g/mol. The Morgan fingerprint density at radius 1 is 1.27 bits per heavy atom. The maximum atomic E-state index is 14.2. The van der Waals surface area contributed by atoms with Crippen LogP contribution in [-0.2, 0) is 50.2 Å². The van der Waals surface area contributed by atoms with Gasteiger partial charge in [-0.05, 0) is 23.5 Å². The van der Waals surface area contributed by atoms with Crippen molar-refractivity contribution < 1.29 is 47.6 Å². The van der Waals surface area contributed by atoms with Crippen LogP contribution in [0.5, 0.6) is 0 Å². The van der Waals surface area contributed by atoms with Gasteiger partial charge in [0, 0.05) is 38.7 Å². The van der Waals surface area contributed by atoms with Gasteiger partial charge < -0.3 is 50.1 Å². The van der Waals surface area contributed by atoms with Crippen LogP contribution in [0, 0.1) is 5.41 Å². The predicted molar refractivity (Wildman–Crippen MR) is 160 cm³/mol. The third-order valence-electron chi connectivity index (χ3n) is 7.05. The number of aromatic nitrogens is 1. The number of hydrogen-bond donors (Lipinski definition) is 6. The molecule has 0 aromatic carbocycles. The van der Waals surface area contributed by atoms with E-state index in [1.54, 1.807) is 31.6 Å². The highest BCUT2D eigenvalue weighted by Crippen LogP contribution is 2.63. The van der Waals surface area contributed by atoms with Crippen molar-refractivity contribution in [2.45, 2.75) is 54.4 Å². The zero-order valence-corrected chi connectivity index (χ0v) is 25.6. The van der Waals surface area contributed by atoms with Crippen LogP contribution in [0.2, 0.25) is 0 Å². The number of aliphatic hydroxyl groups is 2. The van der Waals surface area contributed by atoms with E-state index in [2.05, 4.69) is 10.6 Å². The van der Waals surface area contributed by atoms with Crippen LogP contribution in [0.1, 0.15) is 5.69 Å². The SMILES string of the molecule is BB[C@@H]1O[C@H](CO)C(OP(=O)(OC[C@H]2O[C@@H](B)[C@@H](OC)C2O)SCc2ccc(NC(=O)CNC(=N)N)n2C)[C@@H]1OC. The summed E-state index contributed by atoms with van der Waals surface area (Å²) in [6, 6.07) is 2.66. The number of guanidine groups is 1. The molecule has 228 valence electrons. The Labute approximate surface area is 245 Å². The molecule has 7 N–H and O–H groups in total. The van der Waals surface area contributed by atoms with Gasteiger partial charge in [0.1, 0.15) is 57.5 Å². The van der Waals surface area contributed by atoms with Gasteiger partial charge >= 0.3 is 6.80 Å². The Morgan fingerprint density at radius 2 is 1.98 bits per heavy atom. The molecule has 1 amide bonds. The van der Waals surface area contributed by atoms with Gasteiger partial charge in [-0.15, -0.1) is 0 Å². The molecule has 2 fully saturated rings. The molecule has 0 radical (unpaired) electrons. The van der Waals surface area contributed by atoms with Gasteiger partial charge in [0.2, 0.25) is 5.91 Å². The van der Waals surface area contributed by atoms with Crippen LogP contribution in [0.25, 0.3) is 0 Å². The molecule has 1 aromatic rings. The Morgan fingerprint density at radius 3 is 2.56 bits per heavy atom. The smallest absolute Gasteiger partial charge is 0.390 e. The number of carbonyl (C=O) groups excluding carboxylic acids is 1. The first kappa shape index (κ1) is 34.0. The third kappa shape index (κ3) is 8.53. The summed E-state index contributed by atoms with van der Waals surface area (Å²) in [6.45, 7) is -4.78. The average Bonchev–Trinajstić information content (AvgIpc) is 3.56. The van der Waals surface area contributed by atoms with E-state index in [0.717, 1.165) is 11.4 Å².